The molecule has 0 radical (unpaired) electrons. The highest BCUT2D eigenvalue weighted by Gasteiger charge is 2.33. The topological polar surface area (TPSA) is 18.5 Å². The van der Waals surface area contributed by atoms with E-state index in [2.05, 4.69) is 6.92 Å². The summed E-state index contributed by atoms with van der Waals surface area (Å²) in [6.07, 6.45) is 1.80. The van der Waals surface area contributed by atoms with Gasteiger partial charge in [-0.05, 0) is 31.0 Å². The van der Waals surface area contributed by atoms with E-state index in [-0.39, 0.29) is 11.4 Å². The first-order chi connectivity index (χ1) is 7.13. The Morgan fingerprint density at radius 1 is 1.53 bits per heavy atom. The molecule has 0 amide bonds. The molecule has 2 nitrogen and oxygen atoms in total. The van der Waals surface area contributed by atoms with Gasteiger partial charge in [0.2, 0.25) is 0 Å². The van der Waals surface area contributed by atoms with Gasteiger partial charge in [0.25, 0.3) is 0 Å². The highest BCUT2D eigenvalue weighted by molar-refractivity contribution is 5.30. The third kappa shape index (κ3) is 2.12. The standard InChI is InChI=1S/C12H15FO2/c1-12(5-6-15-12)8-9-3-4-11(14-2)10(13)7-9/h3-4,7H,5-6,8H2,1-2H3. The minimum atomic E-state index is -0.307. The van der Waals surface area contributed by atoms with Crippen molar-refractivity contribution >= 4 is 0 Å². The van der Waals surface area contributed by atoms with Crippen LogP contribution >= 0.6 is 0 Å². The number of ether oxygens (including phenoxy) is 2. The fraction of sp³-hybridized carbons (Fsp3) is 0.500. The number of benzene rings is 1. The Bertz CT molecular complexity index is 359. The third-order valence-electron chi connectivity index (χ3n) is 2.88. The lowest BCUT2D eigenvalue weighted by atomic mass is 9.89. The lowest BCUT2D eigenvalue weighted by Gasteiger charge is -2.38. The average Bonchev–Trinajstić information content (AvgIpc) is 2.16. The zero-order valence-corrected chi connectivity index (χ0v) is 9.05. The van der Waals surface area contributed by atoms with Crippen molar-refractivity contribution < 1.29 is 13.9 Å². The zero-order valence-electron chi connectivity index (χ0n) is 9.05. The fourth-order valence-electron chi connectivity index (χ4n) is 1.84. The van der Waals surface area contributed by atoms with E-state index >= 15 is 0 Å². The first-order valence-electron chi connectivity index (χ1n) is 5.09. The largest absolute Gasteiger partial charge is 0.494 e. The smallest absolute Gasteiger partial charge is 0.165 e. The van der Waals surface area contributed by atoms with Gasteiger partial charge in [0.1, 0.15) is 0 Å². The van der Waals surface area contributed by atoms with Crippen LogP contribution in [0.3, 0.4) is 0 Å². The van der Waals surface area contributed by atoms with Crippen LogP contribution < -0.4 is 4.74 Å². The van der Waals surface area contributed by atoms with Crippen LogP contribution in [0, 0.1) is 5.82 Å². The molecule has 0 spiro atoms. The molecule has 1 aromatic rings. The Morgan fingerprint density at radius 2 is 2.27 bits per heavy atom. The molecule has 0 aliphatic carbocycles. The Labute approximate surface area is 89.0 Å². The minimum Gasteiger partial charge on any atom is -0.494 e. The van der Waals surface area contributed by atoms with Crippen LogP contribution in [-0.4, -0.2) is 19.3 Å². The van der Waals surface area contributed by atoms with Crippen molar-refractivity contribution in [1.82, 2.24) is 0 Å². The van der Waals surface area contributed by atoms with Gasteiger partial charge in [0.05, 0.1) is 19.3 Å². The van der Waals surface area contributed by atoms with Crippen LogP contribution in [0.5, 0.6) is 5.75 Å². The van der Waals surface area contributed by atoms with E-state index in [9.17, 15) is 4.39 Å². The molecule has 0 N–H and O–H groups in total. The molecule has 1 atom stereocenters. The Morgan fingerprint density at radius 3 is 2.73 bits per heavy atom. The zero-order chi connectivity index (χ0) is 10.9. The lowest BCUT2D eigenvalue weighted by molar-refractivity contribution is -0.132. The predicted molar refractivity (Wildman–Crippen MR) is 55.6 cm³/mol. The maximum Gasteiger partial charge on any atom is 0.165 e. The maximum atomic E-state index is 13.4. The summed E-state index contributed by atoms with van der Waals surface area (Å²) in [7, 11) is 1.47. The van der Waals surface area contributed by atoms with Gasteiger partial charge >= 0.3 is 0 Å². The van der Waals surface area contributed by atoms with Crippen LogP contribution in [-0.2, 0) is 11.2 Å². The predicted octanol–water partition coefficient (Wildman–Crippen LogP) is 2.56. The molecular formula is C12H15FO2. The molecule has 0 aromatic heterocycles. The van der Waals surface area contributed by atoms with E-state index in [4.69, 9.17) is 9.47 Å². The molecule has 0 bridgehead atoms. The highest BCUT2D eigenvalue weighted by Crippen LogP contribution is 2.30. The highest BCUT2D eigenvalue weighted by atomic mass is 19.1. The number of hydrogen-bond donors (Lipinski definition) is 0. The first-order valence-corrected chi connectivity index (χ1v) is 5.09. The number of rotatable bonds is 3. The third-order valence-corrected chi connectivity index (χ3v) is 2.88. The molecule has 15 heavy (non-hydrogen) atoms. The lowest BCUT2D eigenvalue weighted by Crippen LogP contribution is -2.42. The van der Waals surface area contributed by atoms with E-state index in [1.165, 1.54) is 13.2 Å². The summed E-state index contributed by atoms with van der Waals surface area (Å²) in [5.74, 6) is -0.0173. The van der Waals surface area contributed by atoms with Crippen LogP contribution in [0.1, 0.15) is 18.9 Å². The van der Waals surface area contributed by atoms with Crippen LogP contribution in [0.4, 0.5) is 4.39 Å². The second-order valence-corrected chi connectivity index (χ2v) is 4.19. The summed E-state index contributed by atoms with van der Waals surface area (Å²) in [4.78, 5) is 0. The van der Waals surface area contributed by atoms with E-state index in [1.54, 1.807) is 6.07 Å². The van der Waals surface area contributed by atoms with Gasteiger partial charge in [0, 0.05) is 6.42 Å². The van der Waals surface area contributed by atoms with Crippen molar-refractivity contribution in [2.24, 2.45) is 0 Å². The summed E-state index contributed by atoms with van der Waals surface area (Å²) in [5.41, 5.74) is 0.858. The summed E-state index contributed by atoms with van der Waals surface area (Å²) in [6, 6.07) is 5.06. The monoisotopic (exact) mass is 210 g/mol. The molecule has 1 unspecified atom stereocenters. The second kappa shape index (κ2) is 3.81. The van der Waals surface area contributed by atoms with Crippen molar-refractivity contribution in [3.63, 3.8) is 0 Å². The van der Waals surface area contributed by atoms with Crippen molar-refractivity contribution in [1.29, 1.82) is 0 Å². The molecule has 0 saturated carbocycles. The van der Waals surface area contributed by atoms with Crippen molar-refractivity contribution in [2.45, 2.75) is 25.4 Å². The number of hydrogen-bond acceptors (Lipinski definition) is 2. The molecular weight excluding hydrogens is 195 g/mol. The van der Waals surface area contributed by atoms with Crippen LogP contribution in [0.15, 0.2) is 18.2 Å². The summed E-state index contributed by atoms with van der Waals surface area (Å²) >= 11 is 0. The van der Waals surface area contributed by atoms with Gasteiger partial charge in [-0.1, -0.05) is 6.07 Å². The summed E-state index contributed by atoms with van der Waals surface area (Å²) in [5, 5.41) is 0. The van der Waals surface area contributed by atoms with Crippen LogP contribution in [0.25, 0.3) is 0 Å². The molecule has 2 rings (SSSR count). The molecule has 1 heterocycles. The Balaban J connectivity index is 2.12. The molecule has 1 fully saturated rings. The number of methoxy groups -OCH3 is 1. The maximum absolute atomic E-state index is 13.4. The average molecular weight is 210 g/mol. The van der Waals surface area contributed by atoms with E-state index < -0.39 is 0 Å². The van der Waals surface area contributed by atoms with Gasteiger partial charge < -0.3 is 9.47 Å². The fourth-order valence-corrected chi connectivity index (χ4v) is 1.84. The van der Waals surface area contributed by atoms with Gasteiger partial charge in [-0.2, -0.15) is 0 Å². The van der Waals surface area contributed by atoms with E-state index in [1.807, 2.05) is 6.07 Å². The van der Waals surface area contributed by atoms with Gasteiger partial charge in [-0.25, -0.2) is 4.39 Å². The summed E-state index contributed by atoms with van der Waals surface area (Å²) in [6.45, 7) is 2.87. The quantitative estimate of drug-likeness (QED) is 0.763. The molecule has 3 heteroatoms. The van der Waals surface area contributed by atoms with Gasteiger partial charge in [-0.15, -0.1) is 0 Å². The van der Waals surface area contributed by atoms with Gasteiger partial charge in [-0.3, -0.25) is 0 Å². The van der Waals surface area contributed by atoms with Gasteiger partial charge in [0.15, 0.2) is 11.6 Å². The van der Waals surface area contributed by atoms with Crippen LogP contribution in [0.2, 0.25) is 0 Å². The first kappa shape index (κ1) is 10.4. The van der Waals surface area contributed by atoms with Crippen molar-refractivity contribution in [2.75, 3.05) is 13.7 Å². The molecule has 1 aliphatic rings. The molecule has 1 saturated heterocycles. The van der Waals surface area contributed by atoms with E-state index in [0.29, 0.717) is 5.75 Å². The van der Waals surface area contributed by atoms with Crippen molar-refractivity contribution in [3.05, 3.63) is 29.6 Å². The second-order valence-electron chi connectivity index (χ2n) is 4.19. The SMILES string of the molecule is COc1ccc(CC2(C)CCO2)cc1F. The molecule has 1 aromatic carbocycles. The normalized spacial score (nSPS) is 24.7. The Kier molecular flexibility index (Phi) is 2.65. The Hall–Kier alpha value is -1.09. The van der Waals surface area contributed by atoms with E-state index in [0.717, 1.165) is 25.0 Å². The molecule has 1 aliphatic heterocycles. The number of halogens is 1. The van der Waals surface area contributed by atoms with Crippen molar-refractivity contribution in [3.8, 4) is 5.75 Å². The minimum absolute atomic E-state index is 0.0962. The summed E-state index contributed by atoms with van der Waals surface area (Å²) < 4.78 is 23.7. The molecule has 82 valence electrons.